The summed E-state index contributed by atoms with van der Waals surface area (Å²) in [7, 11) is -3.32. The number of rotatable bonds is 6. The molecule has 1 aromatic heterocycles. The van der Waals surface area contributed by atoms with Crippen LogP contribution in [0.15, 0.2) is 28.8 Å². The van der Waals surface area contributed by atoms with Crippen molar-refractivity contribution in [1.82, 2.24) is 15.5 Å². The molecule has 0 aliphatic heterocycles. The van der Waals surface area contributed by atoms with E-state index in [1.54, 1.807) is 32.9 Å². The molecule has 27 heavy (non-hydrogen) atoms. The van der Waals surface area contributed by atoms with Crippen LogP contribution in [-0.2, 0) is 26.7 Å². The SMILES string of the molecule is CC(C)(C)OC(=O)NC(Cc1ccc(Cl)cc1)c1noc(CS(C)(=O)=O)n1. The van der Waals surface area contributed by atoms with Crippen LogP contribution in [0, 0.1) is 0 Å². The van der Waals surface area contributed by atoms with Crippen molar-refractivity contribution in [3.8, 4) is 0 Å². The molecule has 0 spiro atoms. The van der Waals surface area contributed by atoms with Crippen molar-refractivity contribution in [2.24, 2.45) is 0 Å². The molecule has 2 aromatic rings. The third-order valence-corrected chi connectivity index (χ3v) is 4.25. The Morgan fingerprint density at radius 2 is 1.93 bits per heavy atom. The van der Waals surface area contributed by atoms with Gasteiger partial charge in [-0.05, 0) is 38.5 Å². The number of hydrogen-bond donors (Lipinski definition) is 1. The lowest BCUT2D eigenvalue weighted by Crippen LogP contribution is -2.36. The van der Waals surface area contributed by atoms with Crippen molar-refractivity contribution < 1.29 is 22.5 Å². The van der Waals surface area contributed by atoms with E-state index in [2.05, 4.69) is 15.5 Å². The molecular weight excluding hydrogens is 394 g/mol. The molecule has 1 amide bonds. The van der Waals surface area contributed by atoms with Crippen LogP contribution in [0.25, 0.3) is 0 Å². The highest BCUT2D eigenvalue weighted by atomic mass is 35.5. The summed E-state index contributed by atoms with van der Waals surface area (Å²) in [4.78, 5) is 16.3. The third-order valence-electron chi connectivity index (χ3n) is 3.23. The first-order chi connectivity index (χ1) is 12.4. The first-order valence-corrected chi connectivity index (χ1v) is 10.6. The Balaban J connectivity index is 2.23. The molecule has 1 N–H and O–H groups in total. The predicted molar refractivity (Wildman–Crippen MR) is 100 cm³/mol. The van der Waals surface area contributed by atoms with E-state index in [9.17, 15) is 13.2 Å². The van der Waals surface area contributed by atoms with Gasteiger partial charge in [-0.2, -0.15) is 4.98 Å². The number of carbonyl (C=O) groups excluding carboxylic acids is 1. The number of aromatic nitrogens is 2. The number of amides is 1. The monoisotopic (exact) mass is 415 g/mol. The number of sulfone groups is 1. The fraction of sp³-hybridized carbons (Fsp3) is 0.471. The van der Waals surface area contributed by atoms with E-state index in [4.69, 9.17) is 20.9 Å². The lowest BCUT2D eigenvalue weighted by molar-refractivity contribution is 0.0500. The lowest BCUT2D eigenvalue weighted by Gasteiger charge is -2.22. The summed E-state index contributed by atoms with van der Waals surface area (Å²) in [6.07, 6.45) is 0.769. The molecule has 1 atom stereocenters. The van der Waals surface area contributed by atoms with Gasteiger partial charge < -0.3 is 14.6 Å². The summed E-state index contributed by atoms with van der Waals surface area (Å²) in [6.45, 7) is 5.25. The van der Waals surface area contributed by atoms with Gasteiger partial charge in [0.05, 0.1) is 6.04 Å². The fourth-order valence-corrected chi connectivity index (χ4v) is 2.90. The number of hydrogen-bond acceptors (Lipinski definition) is 7. The molecular formula is C17H22ClN3O5S. The van der Waals surface area contributed by atoms with Gasteiger partial charge in [-0.1, -0.05) is 28.9 Å². The van der Waals surface area contributed by atoms with Crippen molar-refractivity contribution in [1.29, 1.82) is 0 Å². The van der Waals surface area contributed by atoms with Crippen LogP contribution in [-0.4, -0.2) is 36.5 Å². The average molecular weight is 416 g/mol. The Hall–Kier alpha value is -2.13. The van der Waals surface area contributed by atoms with Crippen LogP contribution in [0.4, 0.5) is 4.79 Å². The molecule has 0 saturated carbocycles. The van der Waals surface area contributed by atoms with Crippen molar-refractivity contribution in [2.75, 3.05) is 6.26 Å². The molecule has 1 unspecified atom stereocenters. The van der Waals surface area contributed by atoms with E-state index >= 15 is 0 Å². The first-order valence-electron chi connectivity index (χ1n) is 8.15. The van der Waals surface area contributed by atoms with Crippen LogP contribution in [0.3, 0.4) is 0 Å². The van der Waals surface area contributed by atoms with Gasteiger partial charge in [0.2, 0.25) is 5.89 Å². The third kappa shape index (κ3) is 7.56. The summed E-state index contributed by atoms with van der Waals surface area (Å²) in [5.41, 5.74) is 0.197. The number of halogens is 1. The maximum Gasteiger partial charge on any atom is 0.408 e. The topological polar surface area (TPSA) is 111 Å². The fourth-order valence-electron chi connectivity index (χ4n) is 2.21. The Morgan fingerprint density at radius 1 is 1.30 bits per heavy atom. The number of nitrogens with zero attached hydrogens (tertiary/aromatic N) is 2. The Labute approximate surface area is 163 Å². The zero-order valence-corrected chi connectivity index (χ0v) is 17.1. The van der Waals surface area contributed by atoms with Crippen LogP contribution in [0.5, 0.6) is 0 Å². The van der Waals surface area contributed by atoms with Crippen molar-refractivity contribution in [3.05, 3.63) is 46.6 Å². The first kappa shape index (κ1) is 21.2. The molecule has 148 valence electrons. The smallest absolute Gasteiger partial charge is 0.408 e. The van der Waals surface area contributed by atoms with Crippen molar-refractivity contribution >= 4 is 27.5 Å². The van der Waals surface area contributed by atoms with Gasteiger partial charge in [0.15, 0.2) is 15.7 Å². The van der Waals surface area contributed by atoms with Crippen LogP contribution in [0.2, 0.25) is 5.02 Å². The highest BCUT2D eigenvalue weighted by molar-refractivity contribution is 7.89. The van der Waals surface area contributed by atoms with Crippen LogP contribution in [0.1, 0.15) is 44.1 Å². The molecule has 0 aliphatic rings. The van der Waals surface area contributed by atoms with E-state index in [1.165, 1.54) is 0 Å². The zero-order valence-electron chi connectivity index (χ0n) is 15.5. The summed E-state index contributed by atoms with van der Waals surface area (Å²) in [6, 6.07) is 6.41. The van der Waals surface area contributed by atoms with Gasteiger partial charge in [0, 0.05) is 17.7 Å². The zero-order chi connectivity index (χ0) is 20.2. The molecule has 0 bridgehead atoms. The number of nitrogens with one attached hydrogen (secondary N) is 1. The minimum absolute atomic E-state index is 0.0420. The van der Waals surface area contributed by atoms with Gasteiger partial charge >= 0.3 is 6.09 Å². The summed E-state index contributed by atoms with van der Waals surface area (Å²) >= 11 is 5.90. The van der Waals surface area contributed by atoms with Crippen molar-refractivity contribution in [2.45, 2.75) is 44.6 Å². The van der Waals surface area contributed by atoms with Crippen LogP contribution >= 0.6 is 11.6 Å². The second-order valence-electron chi connectivity index (χ2n) is 7.15. The van der Waals surface area contributed by atoms with Crippen LogP contribution < -0.4 is 5.32 Å². The molecule has 1 aromatic carbocycles. The molecule has 1 heterocycles. The van der Waals surface area contributed by atoms with E-state index in [-0.39, 0.29) is 17.5 Å². The van der Waals surface area contributed by atoms with Gasteiger partial charge in [-0.25, -0.2) is 13.2 Å². The second kappa shape index (κ2) is 8.26. The largest absolute Gasteiger partial charge is 0.444 e. The number of ether oxygens (including phenoxy) is 1. The molecule has 0 saturated heterocycles. The Morgan fingerprint density at radius 3 is 2.48 bits per heavy atom. The molecule has 0 radical (unpaired) electrons. The van der Waals surface area contributed by atoms with E-state index in [0.717, 1.165) is 11.8 Å². The Kier molecular flexibility index (Phi) is 6.48. The van der Waals surface area contributed by atoms with Gasteiger partial charge in [0.1, 0.15) is 11.4 Å². The predicted octanol–water partition coefficient (Wildman–Crippen LogP) is 3.08. The maximum absolute atomic E-state index is 12.2. The molecule has 0 fully saturated rings. The molecule has 8 nitrogen and oxygen atoms in total. The normalized spacial score (nSPS) is 13.2. The number of benzene rings is 1. The standard InChI is InChI=1S/C17H22ClN3O5S/c1-17(2,3)25-16(22)19-13(9-11-5-7-12(18)8-6-11)15-20-14(26-21-15)10-27(4,23)24/h5-8,13H,9-10H2,1-4H3,(H,19,22). The lowest BCUT2D eigenvalue weighted by atomic mass is 10.1. The average Bonchev–Trinajstić information content (AvgIpc) is 2.93. The molecule has 0 aliphatic carbocycles. The highest BCUT2D eigenvalue weighted by Crippen LogP contribution is 2.19. The van der Waals surface area contributed by atoms with E-state index < -0.39 is 27.6 Å². The highest BCUT2D eigenvalue weighted by Gasteiger charge is 2.25. The number of alkyl carbamates (subject to hydrolysis) is 1. The summed E-state index contributed by atoms with van der Waals surface area (Å²) < 4.78 is 33.1. The van der Waals surface area contributed by atoms with Crippen molar-refractivity contribution in [3.63, 3.8) is 0 Å². The minimum Gasteiger partial charge on any atom is -0.444 e. The van der Waals surface area contributed by atoms with E-state index in [1.807, 2.05) is 12.1 Å². The maximum atomic E-state index is 12.2. The number of carbonyl (C=O) groups is 1. The second-order valence-corrected chi connectivity index (χ2v) is 9.72. The summed E-state index contributed by atoms with van der Waals surface area (Å²) in [5, 5.41) is 7.11. The molecule has 2 rings (SSSR count). The quantitative estimate of drug-likeness (QED) is 0.771. The Bertz CT molecular complexity index is 888. The summed E-state index contributed by atoms with van der Waals surface area (Å²) in [5.74, 6) is -0.255. The van der Waals surface area contributed by atoms with E-state index in [0.29, 0.717) is 11.4 Å². The van der Waals surface area contributed by atoms with Gasteiger partial charge in [-0.3, -0.25) is 0 Å². The van der Waals surface area contributed by atoms with Gasteiger partial charge in [0.25, 0.3) is 0 Å². The van der Waals surface area contributed by atoms with Gasteiger partial charge in [-0.15, -0.1) is 0 Å². The minimum atomic E-state index is -3.32. The molecule has 10 heteroatoms.